The van der Waals surface area contributed by atoms with Gasteiger partial charge in [0.25, 0.3) is 0 Å². The van der Waals surface area contributed by atoms with Crippen LogP contribution in [0, 0.1) is 6.92 Å². The normalized spacial score (nSPS) is 10.5. The first-order valence-corrected chi connectivity index (χ1v) is 6.05. The van der Waals surface area contributed by atoms with E-state index in [4.69, 9.17) is 33.0 Å². The maximum atomic E-state index is 11.2. The first kappa shape index (κ1) is 13.7. The van der Waals surface area contributed by atoms with Gasteiger partial charge in [-0.15, -0.1) is 0 Å². The van der Waals surface area contributed by atoms with Gasteiger partial charge in [-0.3, -0.25) is 0 Å². The number of hydrogen-bond acceptors (Lipinski definition) is 3. The van der Waals surface area contributed by atoms with Gasteiger partial charge in [0.05, 0.1) is 10.7 Å². The monoisotopic (exact) mass is 300 g/mol. The van der Waals surface area contributed by atoms with Crippen LogP contribution >= 0.6 is 23.2 Å². The molecule has 100 valence electrons. The SMILES string of the molecule is Cc1nn(C)c(Oc2ccc(Cl)cc2Cl)c1C(=O)O. The summed E-state index contributed by atoms with van der Waals surface area (Å²) < 4.78 is 6.89. The maximum absolute atomic E-state index is 11.2. The molecule has 19 heavy (non-hydrogen) atoms. The molecule has 7 heteroatoms. The van der Waals surface area contributed by atoms with Gasteiger partial charge in [0, 0.05) is 12.1 Å². The lowest BCUT2D eigenvalue weighted by Crippen LogP contribution is -2.02. The molecule has 0 aliphatic carbocycles. The number of benzene rings is 1. The molecule has 1 aromatic carbocycles. The Labute approximate surface area is 119 Å². The van der Waals surface area contributed by atoms with Crippen LogP contribution in [0.2, 0.25) is 10.0 Å². The minimum absolute atomic E-state index is 0.00789. The van der Waals surface area contributed by atoms with Crippen LogP contribution in [0.5, 0.6) is 11.6 Å². The highest BCUT2D eigenvalue weighted by Gasteiger charge is 2.22. The Morgan fingerprint density at radius 3 is 2.68 bits per heavy atom. The second kappa shape index (κ2) is 5.11. The zero-order chi connectivity index (χ0) is 14.2. The standard InChI is InChI=1S/C12H10Cl2N2O3/c1-6-10(12(17)18)11(16(2)15-6)19-9-4-3-7(13)5-8(9)14/h3-5H,1-2H3,(H,17,18). The third-order valence-electron chi connectivity index (χ3n) is 2.48. The average Bonchev–Trinajstić information content (AvgIpc) is 2.57. The number of aryl methyl sites for hydroxylation is 2. The van der Waals surface area contributed by atoms with E-state index in [0.717, 1.165) is 0 Å². The van der Waals surface area contributed by atoms with E-state index in [1.54, 1.807) is 26.1 Å². The Balaban J connectivity index is 2.46. The van der Waals surface area contributed by atoms with Crippen molar-refractivity contribution >= 4 is 29.2 Å². The van der Waals surface area contributed by atoms with E-state index in [2.05, 4.69) is 5.10 Å². The van der Waals surface area contributed by atoms with Crippen molar-refractivity contribution < 1.29 is 14.6 Å². The largest absolute Gasteiger partial charge is 0.477 e. The van der Waals surface area contributed by atoms with E-state index < -0.39 is 5.97 Å². The summed E-state index contributed by atoms with van der Waals surface area (Å²) in [5.41, 5.74) is 0.378. The molecular weight excluding hydrogens is 291 g/mol. The van der Waals surface area contributed by atoms with Crippen molar-refractivity contribution in [2.24, 2.45) is 7.05 Å². The summed E-state index contributed by atoms with van der Waals surface area (Å²) in [7, 11) is 1.60. The van der Waals surface area contributed by atoms with Gasteiger partial charge in [-0.2, -0.15) is 5.10 Å². The van der Waals surface area contributed by atoms with E-state index in [1.807, 2.05) is 0 Å². The van der Waals surface area contributed by atoms with Crippen LogP contribution in [0.25, 0.3) is 0 Å². The van der Waals surface area contributed by atoms with Gasteiger partial charge in [-0.1, -0.05) is 23.2 Å². The van der Waals surface area contributed by atoms with Crippen LogP contribution < -0.4 is 4.74 Å². The van der Waals surface area contributed by atoms with Crippen molar-refractivity contribution in [1.82, 2.24) is 9.78 Å². The molecular formula is C12H10Cl2N2O3. The highest BCUT2D eigenvalue weighted by atomic mass is 35.5. The lowest BCUT2D eigenvalue weighted by atomic mass is 10.2. The number of hydrogen-bond donors (Lipinski definition) is 1. The van der Waals surface area contributed by atoms with Gasteiger partial charge < -0.3 is 9.84 Å². The highest BCUT2D eigenvalue weighted by molar-refractivity contribution is 6.35. The first-order valence-electron chi connectivity index (χ1n) is 5.30. The number of carbonyl (C=O) groups is 1. The second-order valence-corrected chi connectivity index (χ2v) is 4.71. The van der Waals surface area contributed by atoms with Crippen molar-refractivity contribution in [2.75, 3.05) is 0 Å². The number of halogens is 2. The number of ether oxygens (including phenoxy) is 1. The molecule has 0 unspecified atom stereocenters. The van der Waals surface area contributed by atoms with Crippen molar-refractivity contribution in [3.8, 4) is 11.6 Å². The van der Waals surface area contributed by atoms with E-state index in [0.29, 0.717) is 21.5 Å². The second-order valence-electron chi connectivity index (χ2n) is 3.87. The number of carboxylic acids is 1. The molecule has 1 aromatic heterocycles. The topological polar surface area (TPSA) is 64.4 Å². The van der Waals surface area contributed by atoms with Crippen LogP contribution in [0.1, 0.15) is 16.1 Å². The molecule has 0 aliphatic heterocycles. The average molecular weight is 301 g/mol. The summed E-state index contributed by atoms with van der Waals surface area (Å²) in [6, 6.07) is 4.69. The van der Waals surface area contributed by atoms with Crippen molar-refractivity contribution in [3.63, 3.8) is 0 Å². The minimum atomic E-state index is -1.11. The first-order chi connectivity index (χ1) is 8.90. The van der Waals surface area contributed by atoms with Crippen molar-refractivity contribution in [3.05, 3.63) is 39.5 Å². The number of aromatic carboxylic acids is 1. The molecule has 0 radical (unpaired) electrons. The Kier molecular flexibility index (Phi) is 3.68. The van der Waals surface area contributed by atoms with Crippen LogP contribution in [-0.2, 0) is 7.05 Å². The fourth-order valence-corrected chi connectivity index (χ4v) is 2.11. The Morgan fingerprint density at radius 1 is 1.42 bits per heavy atom. The summed E-state index contributed by atoms with van der Waals surface area (Å²) in [6.45, 7) is 1.60. The zero-order valence-electron chi connectivity index (χ0n) is 10.1. The molecule has 0 amide bonds. The summed E-state index contributed by atoms with van der Waals surface area (Å²) in [5.74, 6) is -0.670. The molecule has 0 bridgehead atoms. The summed E-state index contributed by atoms with van der Waals surface area (Å²) in [6.07, 6.45) is 0. The summed E-state index contributed by atoms with van der Waals surface area (Å²) in [4.78, 5) is 11.2. The number of nitrogens with zero attached hydrogens (tertiary/aromatic N) is 2. The van der Waals surface area contributed by atoms with Crippen LogP contribution in [0.15, 0.2) is 18.2 Å². The molecule has 0 saturated carbocycles. The van der Waals surface area contributed by atoms with Gasteiger partial charge in [-0.25, -0.2) is 9.48 Å². The molecule has 0 atom stereocenters. The van der Waals surface area contributed by atoms with Gasteiger partial charge in [0.1, 0.15) is 11.3 Å². The minimum Gasteiger partial charge on any atom is -0.477 e. The fourth-order valence-electron chi connectivity index (χ4n) is 1.66. The smallest absolute Gasteiger partial charge is 0.343 e. The molecule has 2 aromatic rings. The molecule has 1 N–H and O–H groups in total. The third-order valence-corrected chi connectivity index (χ3v) is 3.01. The highest BCUT2D eigenvalue weighted by Crippen LogP contribution is 2.33. The van der Waals surface area contributed by atoms with Gasteiger partial charge in [0.15, 0.2) is 0 Å². The number of aromatic nitrogens is 2. The van der Waals surface area contributed by atoms with Crippen LogP contribution in [-0.4, -0.2) is 20.9 Å². The Bertz CT molecular complexity index is 653. The molecule has 5 nitrogen and oxygen atoms in total. The molecule has 0 saturated heterocycles. The van der Waals surface area contributed by atoms with E-state index in [1.165, 1.54) is 10.7 Å². The molecule has 1 heterocycles. The number of carboxylic acid groups (broad SMARTS) is 1. The zero-order valence-corrected chi connectivity index (χ0v) is 11.7. The van der Waals surface area contributed by atoms with Gasteiger partial charge in [0.2, 0.25) is 5.88 Å². The quantitative estimate of drug-likeness (QED) is 0.942. The van der Waals surface area contributed by atoms with Crippen molar-refractivity contribution in [1.29, 1.82) is 0 Å². The lowest BCUT2D eigenvalue weighted by Gasteiger charge is -2.08. The van der Waals surface area contributed by atoms with E-state index in [9.17, 15) is 4.79 Å². The van der Waals surface area contributed by atoms with Gasteiger partial charge in [-0.05, 0) is 25.1 Å². The molecule has 2 rings (SSSR count). The summed E-state index contributed by atoms with van der Waals surface area (Å²) in [5, 5.41) is 13.9. The van der Waals surface area contributed by atoms with Crippen LogP contribution in [0.3, 0.4) is 0 Å². The molecule has 0 fully saturated rings. The van der Waals surface area contributed by atoms with Gasteiger partial charge >= 0.3 is 5.97 Å². The van der Waals surface area contributed by atoms with Crippen LogP contribution in [0.4, 0.5) is 0 Å². The summed E-state index contributed by atoms with van der Waals surface area (Å²) >= 11 is 11.8. The maximum Gasteiger partial charge on any atom is 0.343 e. The fraction of sp³-hybridized carbons (Fsp3) is 0.167. The Morgan fingerprint density at radius 2 is 2.11 bits per heavy atom. The van der Waals surface area contributed by atoms with E-state index >= 15 is 0 Å². The Hall–Kier alpha value is -1.72. The molecule has 0 spiro atoms. The molecule has 0 aliphatic rings. The number of rotatable bonds is 3. The third kappa shape index (κ3) is 2.67. The predicted octanol–water partition coefficient (Wildman–Crippen LogP) is 3.53. The lowest BCUT2D eigenvalue weighted by molar-refractivity contribution is 0.0693. The van der Waals surface area contributed by atoms with E-state index in [-0.39, 0.29) is 11.4 Å². The van der Waals surface area contributed by atoms with Crippen molar-refractivity contribution in [2.45, 2.75) is 6.92 Å². The predicted molar refractivity (Wildman–Crippen MR) is 71.4 cm³/mol.